The van der Waals surface area contributed by atoms with Gasteiger partial charge in [0.05, 0.1) is 5.69 Å². The van der Waals surface area contributed by atoms with E-state index in [0.717, 1.165) is 22.0 Å². The van der Waals surface area contributed by atoms with Crippen molar-refractivity contribution >= 4 is 44.8 Å². The van der Waals surface area contributed by atoms with E-state index in [4.69, 9.17) is 5.11 Å². The molecule has 21 heavy (non-hydrogen) atoms. The number of thiophene rings is 1. The minimum atomic E-state index is -3.92. The molecule has 0 aliphatic carbocycles. The van der Waals surface area contributed by atoms with Gasteiger partial charge in [-0.1, -0.05) is 19.1 Å². The van der Waals surface area contributed by atoms with Gasteiger partial charge in [-0.15, -0.1) is 23.1 Å². The van der Waals surface area contributed by atoms with Gasteiger partial charge in [0.1, 0.15) is 9.77 Å². The van der Waals surface area contributed by atoms with Crippen LogP contribution in [0.4, 0.5) is 5.69 Å². The summed E-state index contributed by atoms with van der Waals surface area (Å²) in [5, 5.41) is 10.5. The summed E-state index contributed by atoms with van der Waals surface area (Å²) in [6.07, 6.45) is 0. The molecule has 0 saturated heterocycles. The van der Waals surface area contributed by atoms with Crippen LogP contribution >= 0.6 is 23.1 Å². The molecule has 2 aromatic rings. The summed E-state index contributed by atoms with van der Waals surface area (Å²) in [5.74, 6) is -0.445. The molecule has 0 fully saturated rings. The average molecular weight is 343 g/mol. The Morgan fingerprint density at radius 3 is 2.71 bits per heavy atom. The molecule has 8 heteroatoms. The molecule has 0 amide bonds. The zero-order valence-electron chi connectivity index (χ0n) is 11.1. The number of hydrogen-bond donors (Lipinski definition) is 2. The van der Waals surface area contributed by atoms with E-state index >= 15 is 0 Å². The number of sulfonamides is 1. The fourth-order valence-corrected chi connectivity index (χ4v) is 4.86. The average Bonchev–Trinajstić information content (AvgIpc) is 2.91. The van der Waals surface area contributed by atoms with Crippen LogP contribution in [0, 0.1) is 0 Å². The molecule has 1 heterocycles. The number of aromatic carboxylic acids is 1. The minimum Gasteiger partial charge on any atom is -0.477 e. The van der Waals surface area contributed by atoms with Gasteiger partial charge in [0.2, 0.25) is 0 Å². The number of benzene rings is 1. The second-order valence-corrected chi connectivity index (χ2v) is 7.83. The molecule has 0 atom stereocenters. The summed E-state index contributed by atoms with van der Waals surface area (Å²) in [6, 6.07) is 8.32. The molecule has 5 nitrogen and oxygen atoms in total. The molecule has 1 aromatic heterocycles. The first-order chi connectivity index (χ1) is 9.95. The molecular formula is C13H13NO4S3. The summed E-state index contributed by atoms with van der Waals surface area (Å²) < 4.78 is 27.2. The standard InChI is InChI=1S/C13H13NO4S3/c1-2-19-10-6-4-3-5-9(10)14-21(17,18)11-7-8-20-12(11)13(15)16/h3-8,14H,2H2,1H3,(H,15,16). The van der Waals surface area contributed by atoms with E-state index < -0.39 is 16.0 Å². The Labute approximate surface area is 131 Å². The van der Waals surface area contributed by atoms with Crippen molar-refractivity contribution < 1.29 is 18.3 Å². The van der Waals surface area contributed by atoms with Crippen LogP contribution in [-0.2, 0) is 10.0 Å². The van der Waals surface area contributed by atoms with Gasteiger partial charge >= 0.3 is 5.97 Å². The topological polar surface area (TPSA) is 83.5 Å². The number of hydrogen-bond acceptors (Lipinski definition) is 5. The molecule has 1 aromatic carbocycles. The Morgan fingerprint density at radius 1 is 1.33 bits per heavy atom. The summed E-state index contributed by atoms with van der Waals surface area (Å²) in [5.41, 5.74) is 0.451. The van der Waals surface area contributed by atoms with Gasteiger partial charge < -0.3 is 5.11 Å². The van der Waals surface area contributed by atoms with Gasteiger partial charge in [0.15, 0.2) is 0 Å². The first-order valence-corrected chi connectivity index (χ1v) is 9.36. The number of anilines is 1. The minimum absolute atomic E-state index is 0.192. The van der Waals surface area contributed by atoms with Gasteiger partial charge in [-0.25, -0.2) is 13.2 Å². The Balaban J connectivity index is 2.38. The number of carbonyl (C=O) groups is 1. The van der Waals surface area contributed by atoms with Crippen LogP contribution in [0.3, 0.4) is 0 Å². The maximum atomic E-state index is 12.4. The number of nitrogens with one attached hydrogen (secondary N) is 1. The Morgan fingerprint density at radius 2 is 2.05 bits per heavy atom. The van der Waals surface area contributed by atoms with Crippen molar-refractivity contribution in [3.8, 4) is 0 Å². The first kappa shape index (κ1) is 15.9. The smallest absolute Gasteiger partial charge is 0.347 e. The van der Waals surface area contributed by atoms with E-state index in [9.17, 15) is 13.2 Å². The zero-order chi connectivity index (χ0) is 15.5. The number of thioether (sulfide) groups is 1. The first-order valence-electron chi connectivity index (χ1n) is 6.01. The van der Waals surface area contributed by atoms with Crippen molar-refractivity contribution in [3.63, 3.8) is 0 Å². The van der Waals surface area contributed by atoms with Crippen molar-refractivity contribution in [1.29, 1.82) is 0 Å². The zero-order valence-corrected chi connectivity index (χ0v) is 13.5. The molecule has 0 saturated carbocycles. The van der Waals surface area contributed by atoms with Crippen LogP contribution < -0.4 is 4.72 Å². The van der Waals surface area contributed by atoms with Crippen LogP contribution in [0.1, 0.15) is 16.6 Å². The highest BCUT2D eigenvalue weighted by molar-refractivity contribution is 7.99. The van der Waals surface area contributed by atoms with E-state index in [-0.39, 0.29) is 9.77 Å². The van der Waals surface area contributed by atoms with Crippen LogP contribution in [0.15, 0.2) is 45.5 Å². The number of rotatable bonds is 6. The molecule has 2 N–H and O–H groups in total. The summed E-state index contributed by atoms with van der Waals surface area (Å²) in [6.45, 7) is 1.97. The summed E-state index contributed by atoms with van der Waals surface area (Å²) in [4.78, 5) is 11.5. The van der Waals surface area contributed by atoms with Crippen molar-refractivity contribution in [2.24, 2.45) is 0 Å². The van der Waals surface area contributed by atoms with E-state index in [2.05, 4.69) is 4.72 Å². The Bertz CT molecular complexity index is 752. The number of para-hydroxylation sites is 1. The lowest BCUT2D eigenvalue weighted by atomic mass is 10.3. The van der Waals surface area contributed by atoms with E-state index in [0.29, 0.717) is 5.69 Å². The summed E-state index contributed by atoms with van der Waals surface area (Å²) in [7, 11) is -3.92. The second-order valence-electron chi connectivity index (χ2n) is 3.95. The largest absolute Gasteiger partial charge is 0.477 e. The lowest BCUT2D eigenvalue weighted by molar-refractivity contribution is 0.0698. The highest BCUT2D eigenvalue weighted by atomic mass is 32.2. The van der Waals surface area contributed by atoms with Gasteiger partial charge in [-0.3, -0.25) is 4.72 Å². The van der Waals surface area contributed by atoms with Gasteiger partial charge in [-0.05, 0) is 29.3 Å². The van der Waals surface area contributed by atoms with Crippen LogP contribution in [0.5, 0.6) is 0 Å². The van der Waals surface area contributed by atoms with Crippen molar-refractivity contribution in [1.82, 2.24) is 0 Å². The monoisotopic (exact) mass is 343 g/mol. The van der Waals surface area contributed by atoms with Gasteiger partial charge in [0.25, 0.3) is 10.0 Å². The van der Waals surface area contributed by atoms with Crippen molar-refractivity contribution in [3.05, 3.63) is 40.6 Å². The molecule has 0 aliphatic heterocycles. The molecular weight excluding hydrogens is 330 g/mol. The van der Waals surface area contributed by atoms with E-state index in [1.165, 1.54) is 23.2 Å². The molecule has 0 bridgehead atoms. The maximum Gasteiger partial charge on any atom is 0.347 e. The fraction of sp³-hybridized carbons (Fsp3) is 0.154. The predicted molar refractivity (Wildman–Crippen MR) is 84.9 cm³/mol. The third-order valence-corrected chi connectivity index (χ3v) is 5.94. The lowest BCUT2D eigenvalue weighted by Gasteiger charge is -2.11. The predicted octanol–water partition coefficient (Wildman–Crippen LogP) is 3.36. The Hall–Kier alpha value is -1.51. The van der Waals surface area contributed by atoms with E-state index in [1.807, 2.05) is 19.1 Å². The number of carboxylic acid groups (broad SMARTS) is 1. The molecule has 112 valence electrons. The van der Waals surface area contributed by atoms with Crippen molar-refractivity contribution in [2.45, 2.75) is 16.7 Å². The SMILES string of the molecule is CCSc1ccccc1NS(=O)(=O)c1ccsc1C(=O)O. The molecule has 0 radical (unpaired) electrons. The fourth-order valence-electron chi connectivity index (χ4n) is 1.70. The van der Waals surface area contributed by atoms with Gasteiger partial charge in [-0.2, -0.15) is 0 Å². The molecule has 0 spiro atoms. The number of carboxylic acids is 1. The molecule has 0 aliphatic rings. The highest BCUT2D eigenvalue weighted by Gasteiger charge is 2.24. The van der Waals surface area contributed by atoms with Crippen LogP contribution in [0.25, 0.3) is 0 Å². The van der Waals surface area contributed by atoms with Crippen LogP contribution in [-0.4, -0.2) is 25.2 Å². The maximum absolute atomic E-state index is 12.4. The second kappa shape index (κ2) is 6.50. The lowest BCUT2D eigenvalue weighted by Crippen LogP contribution is -2.15. The summed E-state index contributed by atoms with van der Waals surface area (Å²) >= 11 is 2.40. The third-order valence-electron chi connectivity index (χ3n) is 2.54. The molecule has 2 rings (SSSR count). The van der Waals surface area contributed by atoms with Crippen molar-refractivity contribution in [2.75, 3.05) is 10.5 Å². The van der Waals surface area contributed by atoms with Gasteiger partial charge in [0, 0.05) is 4.90 Å². The van der Waals surface area contributed by atoms with Crippen LogP contribution in [0.2, 0.25) is 0 Å². The van der Waals surface area contributed by atoms with E-state index in [1.54, 1.807) is 12.1 Å². The molecule has 0 unspecified atom stereocenters. The normalized spacial score (nSPS) is 11.3. The highest BCUT2D eigenvalue weighted by Crippen LogP contribution is 2.30. The quantitative estimate of drug-likeness (QED) is 0.786. The third kappa shape index (κ3) is 3.58. The Kier molecular flexibility index (Phi) is 4.92.